The second-order valence-electron chi connectivity index (χ2n) is 4.83. The van der Waals surface area contributed by atoms with E-state index in [-0.39, 0.29) is 0 Å². The van der Waals surface area contributed by atoms with Crippen LogP contribution in [0.3, 0.4) is 0 Å². The molecule has 3 heterocycles. The second kappa shape index (κ2) is 3.69. The molecule has 3 heteroatoms. The number of fused-ring (bicyclic) bond motifs is 3. The number of aryl methyl sites for hydroxylation is 3. The van der Waals surface area contributed by atoms with Crippen molar-refractivity contribution in [3.8, 4) is 11.3 Å². The highest BCUT2D eigenvalue weighted by Gasteiger charge is 2.22. The number of hydrogen-bond donors (Lipinski definition) is 0. The second-order valence-corrected chi connectivity index (χ2v) is 5.91. The van der Waals surface area contributed by atoms with E-state index in [1.165, 1.54) is 45.5 Å². The molecule has 0 unspecified atom stereocenters. The van der Waals surface area contributed by atoms with Gasteiger partial charge in [-0.25, -0.2) is 4.98 Å². The van der Waals surface area contributed by atoms with Gasteiger partial charge in [0.15, 0.2) is 0 Å². The van der Waals surface area contributed by atoms with Crippen LogP contribution in [0.4, 0.5) is 0 Å². The van der Waals surface area contributed by atoms with Crippen molar-refractivity contribution in [2.24, 2.45) is 0 Å². The Bertz CT molecular complexity index is 725. The zero-order valence-electron chi connectivity index (χ0n) is 10.2. The first-order valence-electron chi connectivity index (χ1n) is 6.29. The van der Waals surface area contributed by atoms with Crippen molar-refractivity contribution in [2.75, 3.05) is 0 Å². The molecule has 3 aromatic heterocycles. The summed E-state index contributed by atoms with van der Waals surface area (Å²) >= 11 is 1.86. The number of rotatable bonds is 1. The normalized spacial score (nSPS) is 14.3. The van der Waals surface area contributed by atoms with Gasteiger partial charge in [-0.05, 0) is 49.9 Å². The van der Waals surface area contributed by atoms with Crippen LogP contribution in [0.2, 0.25) is 0 Å². The summed E-state index contributed by atoms with van der Waals surface area (Å²) in [5, 5.41) is 1.33. The Morgan fingerprint density at radius 2 is 2.28 bits per heavy atom. The first kappa shape index (κ1) is 10.3. The van der Waals surface area contributed by atoms with Gasteiger partial charge in [-0.2, -0.15) is 0 Å². The number of furan rings is 1. The molecule has 90 valence electrons. The number of thiophene rings is 1. The van der Waals surface area contributed by atoms with Gasteiger partial charge in [0.05, 0.1) is 6.26 Å². The summed E-state index contributed by atoms with van der Waals surface area (Å²) in [4.78, 5) is 7.38. The Morgan fingerprint density at radius 3 is 3.11 bits per heavy atom. The SMILES string of the molecule is Cc1cc(-c2ccco2)c2c3c(sc2n1)CCC3. The Labute approximate surface area is 109 Å². The lowest BCUT2D eigenvalue weighted by molar-refractivity contribution is 0.583. The fourth-order valence-corrected chi connectivity index (χ4v) is 4.18. The molecule has 0 radical (unpaired) electrons. The smallest absolute Gasteiger partial charge is 0.134 e. The Kier molecular flexibility index (Phi) is 2.12. The minimum absolute atomic E-state index is 0.956. The monoisotopic (exact) mass is 255 g/mol. The van der Waals surface area contributed by atoms with Crippen molar-refractivity contribution < 1.29 is 4.42 Å². The zero-order chi connectivity index (χ0) is 12.1. The van der Waals surface area contributed by atoms with E-state index in [9.17, 15) is 0 Å². The van der Waals surface area contributed by atoms with Crippen LogP contribution in [-0.2, 0) is 12.8 Å². The predicted octanol–water partition coefficient (Wildman–Crippen LogP) is 4.35. The summed E-state index contributed by atoms with van der Waals surface area (Å²) in [6.45, 7) is 2.05. The molecule has 0 aliphatic heterocycles. The van der Waals surface area contributed by atoms with Crippen molar-refractivity contribution in [1.82, 2.24) is 4.98 Å². The topological polar surface area (TPSA) is 26.0 Å². The number of pyridine rings is 1. The van der Waals surface area contributed by atoms with Crippen LogP contribution in [0.1, 0.15) is 22.6 Å². The molecule has 0 spiro atoms. The molecular weight excluding hydrogens is 242 g/mol. The fourth-order valence-electron chi connectivity index (χ4n) is 2.85. The van der Waals surface area contributed by atoms with Crippen LogP contribution in [0.25, 0.3) is 21.5 Å². The van der Waals surface area contributed by atoms with Crippen LogP contribution in [0.15, 0.2) is 28.9 Å². The van der Waals surface area contributed by atoms with Gasteiger partial charge in [0.2, 0.25) is 0 Å². The summed E-state index contributed by atoms with van der Waals surface area (Å²) in [5.74, 6) is 0.956. The predicted molar refractivity (Wildman–Crippen MR) is 74.1 cm³/mol. The van der Waals surface area contributed by atoms with Gasteiger partial charge in [0, 0.05) is 21.5 Å². The lowest BCUT2D eigenvalue weighted by Crippen LogP contribution is -1.87. The average molecular weight is 255 g/mol. The Hall–Kier alpha value is -1.61. The lowest BCUT2D eigenvalue weighted by atomic mass is 10.0. The standard InChI is InChI=1S/C15H13NOS/c1-9-8-11(12-5-3-7-17-12)14-10-4-2-6-13(10)18-15(14)16-9/h3,5,7-8H,2,4,6H2,1H3. The fraction of sp³-hybridized carbons (Fsp3) is 0.267. The quantitative estimate of drug-likeness (QED) is 0.646. The highest BCUT2D eigenvalue weighted by molar-refractivity contribution is 7.19. The molecule has 0 aromatic carbocycles. The van der Waals surface area contributed by atoms with Crippen LogP contribution in [0, 0.1) is 6.92 Å². The third-order valence-electron chi connectivity index (χ3n) is 3.59. The molecule has 0 atom stereocenters. The van der Waals surface area contributed by atoms with Crippen molar-refractivity contribution in [3.63, 3.8) is 0 Å². The molecule has 0 saturated carbocycles. The van der Waals surface area contributed by atoms with Gasteiger partial charge in [0.1, 0.15) is 10.6 Å². The molecule has 3 aromatic rings. The van der Waals surface area contributed by atoms with Gasteiger partial charge >= 0.3 is 0 Å². The lowest BCUT2D eigenvalue weighted by Gasteiger charge is -2.03. The van der Waals surface area contributed by atoms with Gasteiger partial charge in [-0.15, -0.1) is 11.3 Å². The first-order valence-corrected chi connectivity index (χ1v) is 7.10. The molecule has 4 rings (SSSR count). The van der Waals surface area contributed by atoms with E-state index in [4.69, 9.17) is 4.42 Å². The van der Waals surface area contributed by atoms with E-state index in [2.05, 4.69) is 18.0 Å². The summed E-state index contributed by atoms with van der Waals surface area (Å²) in [6, 6.07) is 6.13. The highest BCUT2D eigenvalue weighted by Crippen LogP contribution is 2.41. The summed E-state index contributed by atoms with van der Waals surface area (Å²) < 4.78 is 5.59. The summed E-state index contributed by atoms with van der Waals surface area (Å²) in [7, 11) is 0. The third kappa shape index (κ3) is 1.37. The zero-order valence-corrected chi connectivity index (χ0v) is 11.0. The minimum atomic E-state index is 0.956. The molecule has 18 heavy (non-hydrogen) atoms. The molecule has 1 aliphatic carbocycles. The average Bonchev–Trinajstić information content (AvgIpc) is 3.03. The van der Waals surface area contributed by atoms with E-state index in [0.29, 0.717) is 0 Å². The van der Waals surface area contributed by atoms with Crippen LogP contribution in [-0.4, -0.2) is 4.98 Å². The highest BCUT2D eigenvalue weighted by atomic mass is 32.1. The summed E-state index contributed by atoms with van der Waals surface area (Å²) in [5.41, 5.74) is 3.78. The van der Waals surface area contributed by atoms with E-state index >= 15 is 0 Å². The van der Waals surface area contributed by atoms with E-state index in [0.717, 1.165) is 11.5 Å². The molecule has 2 nitrogen and oxygen atoms in total. The maximum Gasteiger partial charge on any atom is 0.134 e. The Balaban J connectivity index is 2.12. The van der Waals surface area contributed by atoms with Gasteiger partial charge in [-0.3, -0.25) is 0 Å². The number of aromatic nitrogens is 1. The molecule has 0 saturated heterocycles. The maximum atomic E-state index is 5.59. The molecule has 0 amide bonds. The van der Waals surface area contributed by atoms with Crippen molar-refractivity contribution in [2.45, 2.75) is 26.2 Å². The van der Waals surface area contributed by atoms with E-state index in [1.807, 2.05) is 23.5 Å². The number of nitrogens with zero attached hydrogens (tertiary/aromatic N) is 1. The van der Waals surface area contributed by atoms with E-state index < -0.39 is 0 Å². The van der Waals surface area contributed by atoms with Crippen LogP contribution in [0.5, 0.6) is 0 Å². The van der Waals surface area contributed by atoms with Crippen molar-refractivity contribution in [1.29, 1.82) is 0 Å². The van der Waals surface area contributed by atoms with Gasteiger partial charge < -0.3 is 4.42 Å². The van der Waals surface area contributed by atoms with Crippen LogP contribution < -0.4 is 0 Å². The molecular formula is C15H13NOS. The summed E-state index contributed by atoms with van der Waals surface area (Å²) in [6.07, 6.45) is 5.42. The molecule has 0 bridgehead atoms. The van der Waals surface area contributed by atoms with Crippen molar-refractivity contribution in [3.05, 3.63) is 40.6 Å². The van der Waals surface area contributed by atoms with Gasteiger partial charge in [0.25, 0.3) is 0 Å². The maximum absolute atomic E-state index is 5.59. The Morgan fingerprint density at radius 1 is 1.33 bits per heavy atom. The van der Waals surface area contributed by atoms with Crippen molar-refractivity contribution >= 4 is 21.6 Å². The van der Waals surface area contributed by atoms with Gasteiger partial charge in [-0.1, -0.05) is 0 Å². The largest absolute Gasteiger partial charge is 0.464 e. The minimum Gasteiger partial charge on any atom is -0.464 e. The van der Waals surface area contributed by atoms with Crippen LogP contribution >= 0.6 is 11.3 Å². The first-order chi connectivity index (χ1) is 8.83. The molecule has 0 N–H and O–H groups in total. The van der Waals surface area contributed by atoms with E-state index in [1.54, 1.807) is 6.26 Å². The third-order valence-corrected chi connectivity index (χ3v) is 4.78. The molecule has 1 aliphatic rings. The molecule has 0 fully saturated rings. The number of hydrogen-bond acceptors (Lipinski definition) is 3.